The summed E-state index contributed by atoms with van der Waals surface area (Å²) in [7, 11) is 0. The zero-order chi connectivity index (χ0) is 20.7. The van der Waals surface area contributed by atoms with Crippen LogP contribution in [-0.2, 0) is 9.59 Å². The summed E-state index contributed by atoms with van der Waals surface area (Å²) in [6, 6.07) is 11.7. The molecule has 2 unspecified atom stereocenters. The molecule has 0 bridgehead atoms. The van der Waals surface area contributed by atoms with Gasteiger partial charge in [-0.05, 0) is 36.2 Å². The molecular formula is C21H24FN3O3. The van der Waals surface area contributed by atoms with Gasteiger partial charge in [-0.3, -0.25) is 14.4 Å². The lowest BCUT2D eigenvalue weighted by Gasteiger charge is -2.23. The molecule has 2 atom stereocenters. The Hall–Kier alpha value is -3.22. The Morgan fingerprint density at radius 3 is 2.32 bits per heavy atom. The molecule has 0 aliphatic carbocycles. The van der Waals surface area contributed by atoms with Gasteiger partial charge in [-0.15, -0.1) is 0 Å². The van der Waals surface area contributed by atoms with Gasteiger partial charge in [0, 0.05) is 18.2 Å². The summed E-state index contributed by atoms with van der Waals surface area (Å²) in [5.74, 6) is -1.92. The van der Waals surface area contributed by atoms with Crippen LogP contribution in [0, 0.1) is 11.7 Å². The standard InChI is InChI=1S/C21H24FN3O3/c1-4-13(2)19(25-20(27)15-8-6-5-7-9-15)21(28)24-16-10-11-17(22)18(12-16)23-14(3)26/h5-13,19H,4H2,1-3H3,(H,23,26)(H,24,28)(H,25,27). The quantitative estimate of drug-likeness (QED) is 0.681. The molecule has 2 aromatic carbocycles. The molecule has 7 heteroatoms. The van der Waals surface area contributed by atoms with E-state index in [0.717, 1.165) is 6.07 Å². The molecule has 6 nitrogen and oxygen atoms in total. The summed E-state index contributed by atoms with van der Waals surface area (Å²) in [6.45, 7) is 5.05. The maximum atomic E-state index is 13.8. The van der Waals surface area contributed by atoms with Crippen LogP contribution in [0.5, 0.6) is 0 Å². The molecular weight excluding hydrogens is 361 g/mol. The van der Waals surface area contributed by atoms with Gasteiger partial charge in [0.2, 0.25) is 11.8 Å². The summed E-state index contributed by atoms with van der Waals surface area (Å²) < 4.78 is 13.8. The number of amides is 3. The van der Waals surface area contributed by atoms with E-state index in [-0.39, 0.29) is 17.5 Å². The third-order valence-electron chi connectivity index (χ3n) is 4.36. The van der Waals surface area contributed by atoms with E-state index in [4.69, 9.17) is 0 Å². The van der Waals surface area contributed by atoms with Crippen molar-refractivity contribution in [2.24, 2.45) is 5.92 Å². The Bertz CT molecular complexity index is 855. The Labute approximate surface area is 163 Å². The summed E-state index contributed by atoms with van der Waals surface area (Å²) >= 11 is 0. The molecule has 0 spiro atoms. The Kier molecular flexibility index (Phi) is 7.26. The van der Waals surface area contributed by atoms with Crippen LogP contribution in [0.25, 0.3) is 0 Å². The minimum absolute atomic E-state index is 0.0290. The Morgan fingerprint density at radius 1 is 1.04 bits per heavy atom. The Morgan fingerprint density at radius 2 is 1.71 bits per heavy atom. The van der Waals surface area contributed by atoms with Gasteiger partial charge in [-0.2, -0.15) is 0 Å². The minimum Gasteiger partial charge on any atom is -0.340 e. The second-order valence-corrected chi connectivity index (χ2v) is 6.57. The van der Waals surface area contributed by atoms with Crippen LogP contribution >= 0.6 is 0 Å². The van der Waals surface area contributed by atoms with Gasteiger partial charge in [-0.1, -0.05) is 38.5 Å². The van der Waals surface area contributed by atoms with Crippen LogP contribution in [-0.4, -0.2) is 23.8 Å². The largest absolute Gasteiger partial charge is 0.340 e. The third kappa shape index (κ3) is 5.64. The lowest BCUT2D eigenvalue weighted by Crippen LogP contribution is -2.47. The van der Waals surface area contributed by atoms with Crippen molar-refractivity contribution in [2.45, 2.75) is 33.2 Å². The van der Waals surface area contributed by atoms with Gasteiger partial charge < -0.3 is 16.0 Å². The predicted octanol–water partition coefficient (Wildman–Crippen LogP) is 3.57. The number of carbonyl (C=O) groups is 3. The summed E-state index contributed by atoms with van der Waals surface area (Å²) in [5.41, 5.74) is 0.745. The molecule has 0 aromatic heterocycles. The molecule has 28 heavy (non-hydrogen) atoms. The van der Waals surface area contributed by atoms with Crippen LogP contribution < -0.4 is 16.0 Å². The fourth-order valence-electron chi connectivity index (χ4n) is 2.62. The predicted molar refractivity (Wildman–Crippen MR) is 106 cm³/mol. The van der Waals surface area contributed by atoms with E-state index < -0.39 is 23.7 Å². The van der Waals surface area contributed by atoms with Gasteiger partial charge in [0.1, 0.15) is 11.9 Å². The zero-order valence-electron chi connectivity index (χ0n) is 16.1. The van der Waals surface area contributed by atoms with Crippen molar-refractivity contribution in [1.29, 1.82) is 0 Å². The fraction of sp³-hybridized carbons (Fsp3) is 0.286. The van der Waals surface area contributed by atoms with Crippen LogP contribution in [0.15, 0.2) is 48.5 Å². The highest BCUT2D eigenvalue weighted by molar-refractivity contribution is 6.01. The van der Waals surface area contributed by atoms with Crippen LogP contribution in [0.1, 0.15) is 37.6 Å². The molecule has 0 heterocycles. The molecule has 0 radical (unpaired) electrons. The summed E-state index contributed by atoms with van der Waals surface area (Å²) in [5, 5.41) is 7.82. The third-order valence-corrected chi connectivity index (χ3v) is 4.36. The van der Waals surface area contributed by atoms with E-state index in [1.807, 2.05) is 13.8 Å². The second kappa shape index (κ2) is 9.64. The highest BCUT2D eigenvalue weighted by Gasteiger charge is 2.26. The van der Waals surface area contributed by atoms with Crippen molar-refractivity contribution < 1.29 is 18.8 Å². The summed E-state index contributed by atoms with van der Waals surface area (Å²) in [4.78, 5) is 36.4. The monoisotopic (exact) mass is 385 g/mol. The number of rotatable bonds is 7. The number of anilines is 2. The molecule has 0 aliphatic rings. The highest BCUT2D eigenvalue weighted by atomic mass is 19.1. The van der Waals surface area contributed by atoms with Gasteiger partial charge >= 0.3 is 0 Å². The molecule has 3 amide bonds. The smallest absolute Gasteiger partial charge is 0.251 e. The molecule has 3 N–H and O–H groups in total. The maximum absolute atomic E-state index is 13.8. The second-order valence-electron chi connectivity index (χ2n) is 6.57. The first kappa shape index (κ1) is 21.1. The minimum atomic E-state index is -0.771. The number of carbonyl (C=O) groups excluding carboxylic acids is 3. The summed E-state index contributed by atoms with van der Waals surface area (Å²) in [6.07, 6.45) is 0.674. The van der Waals surface area contributed by atoms with Gasteiger partial charge in [0.25, 0.3) is 5.91 Å². The molecule has 2 aromatic rings. The van der Waals surface area contributed by atoms with Gasteiger partial charge in [-0.25, -0.2) is 4.39 Å². The fourth-order valence-corrected chi connectivity index (χ4v) is 2.62. The first-order chi connectivity index (χ1) is 13.3. The van der Waals surface area contributed by atoms with E-state index in [0.29, 0.717) is 17.7 Å². The van der Waals surface area contributed by atoms with Crippen molar-refractivity contribution in [3.05, 3.63) is 59.9 Å². The van der Waals surface area contributed by atoms with E-state index in [1.165, 1.54) is 19.1 Å². The van der Waals surface area contributed by atoms with Crippen LogP contribution in [0.2, 0.25) is 0 Å². The topological polar surface area (TPSA) is 87.3 Å². The molecule has 0 fully saturated rings. The normalized spacial score (nSPS) is 12.6. The highest BCUT2D eigenvalue weighted by Crippen LogP contribution is 2.21. The van der Waals surface area contributed by atoms with Gasteiger partial charge in [0.15, 0.2) is 0 Å². The molecule has 0 saturated heterocycles. The number of nitrogens with one attached hydrogen (secondary N) is 3. The molecule has 0 aliphatic heterocycles. The molecule has 148 valence electrons. The molecule has 2 rings (SSSR count). The number of hydrogen-bond acceptors (Lipinski definition) is 3. The molecule has 0 saturated carbocycles. The van der Waals surface area contributed by atoms with E-state index in [9.17, 15) is 18.8 Å². The van der Waals surface area contributed by atoms with Crippen LogP contribution in [0.4, 0.5) is 15.8 Å². The van der Waals surface area contributed by atoms with Crippen molar-refractivity contribution in [3.63, 3.8) is 0 Å². The van der Waals surface area contributed by atoms with Crippen molar-refractivity contribution in [2.75, 3.05) is 10.6 Å². The first-order valence-corrected chi connectivity index (χ1v) is 9.05. The van der Waals surface area contributed by atoms with Crippen molar-refractivity contribution in [3.8, 4) is 0 Å². The average molecular weight is 385 g/mol. The van der Waals surface area contributed by atoms with E-state index >= 15 is 0 Å². The average Bonchev–Trinajstić information content (AvgIpc) is 2.68. The van der Waals surface area contributed by atoms with Crippen molar-refractivity contribution >= 4 is 29.1 Å². The SMILES string of the molecule is CCC(C)C(NC(=O)c1ccccc1)C(=O)Nc1ccc(F)c(NC(C)=O)c1. The Balaban J connectivity index is 2.17. The first-order valence-electron chi connectivity index (χ1n) is 9.05. The van der Waals surface area contributed by atoms with E-state index in [2.05, 4.69) is 16.0 Å². The van der Waals surface area contributed by atoms with Crippen molar-refractivity contribution in [1.82, 2.24) is 5.32 Å². The lowest BCUT2D eigenvalue weighted by atomic mass is 9.97. The maximum Gasteiger partial charge on any atom is 0.251 e. The number of halogens is 1. The number of benzene rings is 2. The lowest BCUT2D eigenvalue weighted by molar-refractivity contribution is -0.119. The van der Waals surface area contributed by atoms with Crippen LogP contribution in [0.3, 0.4) is 0 Å². The van der Waals surface area contributed by atoms with E-state index in [1.54, 1.807) is 30.3 Å². The zero-order valence-corrected chi connectivity index (χ0v) is 16.1. The van der Waals surface area contributed by atoms with Gasteiger partial charge in [0.05, 0.1) is 5.69 Å². The number of hydrogen-bond donors (Lipinski definition) is 3.